The minimum atomic E-state index is 0.391. The first-order valence-corrected chi connectivity index (χ1v) is 5.36. The molecule has 0 fully saturated rings. The summed E-state index contributed by atoms with van der Waals surface area (Å²) < 4.78 is 3.79. The summed E-state index contributed by atoms with van der Waals surface area (Å²) in [4.78, 5) is 11.1. The smallest absolute Gasteiger partial charge is 0.149 e. The number of aromatic nitrogens is 4. The third kappa shape index (κ3) is 2.60. The van der Waals surface area contributed by atoms with E-state index in [-0.39, 0.29) is 0 Å². The maximum absolute atomic E-state index is 5.75. The fourth-order valence-electron chi connectivity index (χ4n) is 1.09. The van der Waals surface area contributed by atoms with Gasteiger partial charge in [-0.15, -0.1) is 5.10 Å². The van der Waals surface area contributed by atoms with E-state index in [2.05, 4.69) is 19.6 Å². The first-order valence-electron chi connectivity index (χ1n) is 4.20. The van der Waals surface area contributed by atoms with Crippen molar-refractivity contribution in [3.8, 4) is 0 Å². The largest absolute Gasteiger partial charge is 0.353 e. The topological polar surface area (TPSA) is 54.8 Å². The summed E-state index contributed by atoms with van der Waals surface area (Å²) >= 11 is 7.11. The normalized spacial score (nSPS) is 10.3. The van der Waals surface area contributed by atoms with E-state index >= 15 is 0 Å². The van der Waals surface area contributed by atoms with Gasteiger partial charge in [-0.1, -0.05) is 16.1 Å². The Kier molecular flexibility index (Phi) is 3.08. The van der Waals surface area contributed by atoms with Crippen molar-refractivity contribution in [2.75, 3.05) is 11.9 Å². The van der Waals surface area contributed by atoms with Crippen molar-refractivity contribution in [1.29, 1.82) is 0 Å². The molecule has 78 valence electrons. The van der Waals surface area contributed by atoms with E-state index in [4.69, 9.17) is 11.6 Å². The molecule has 2 aromatic rings. The molecule has 0 bridgehead atoms. The number of rotatable bonds is 3. The molecule has 0 unspecified atom stereocenters. The molecule has 15 heavy (non-hydrogen) atoms. The molecule has 0 spiro atoms. The van der Waals surface area contributed by atoms with Gasteiger partial charge in [-0.05, 0) is 11.5 Å². The summed E-state index contributed by atoms with van der Waals surface area (Å²) in [6.45, 7) is 0.701. The lowest BCUT2D eigenvalue weighted by Gasteiger charge is -2.15. The lowest BCUT2D eigenvalue weighted by Crippen LogP contribution is -2.17. The molecule has 0 saturated heterocycles. The van der Waals surface area contributed by atoms with Crippen LogP contribution in [0.25, 0.3) is 0 Å². The highest BCUT2D eigenvalue weighted by Gasteiger charge is 2.06. The van der Waals surface area contributed by atoms with Crippen LogP contribution in [0.2, 0.25) is 5.15 Å². The van der Waals surface area contributed by atoms with E-state index in [1.54, 1.807) is 12.4 Å². The van der Waals surface area contributed by atoms with Crippen LogP contribution in [0, 0.1) is 0 Å². The number of nitrogens with zero attached hydrogens (tertiary/aromatic N) is 5. The van der Waals surface area contributed by atoms with Gasteiger partial charge in [0.2, 0.25) is 0 Å². The third-order valence-corrected chi connectivity index (χ3v) is 2.61. The lowest BCUT2D eigenvalue weighted by atomic mass is 10.5. The molecule has 0 amide bonds. The Morgan fingerprint density at radius 3 is 2.93 bits per heavy atom. The van der Waals surface area contributed by atoms with Crippen molar-refractivity contribution in [1.82, 2.24) is 19.6 Å². The number of hydrogen-bond acceptors (Lipinski definition) is 6. The Labute approximate surface area is 95.9 Å². The van der Waals surface area contributed by atoms with Gasteiger partial charge in [-0.2, -0.15) is 0 Å². The van der Waals surface area contributed by atoms with Gasteiger partial charge in [0, 0.05) is 7.05 Å². The monoisotopic (exact) mass is 241 g/mol. The maximum atomic E-state index is 5.75. The zero-order valence-corrected chi connectivity index (χ0v) is 9.53. The first kappa shape index (κ1) is 10.3. The highest BCUT2D eigenvalue weighted by atomic mass is 35.5. The van der Waals surface area contributed by atoms with Crippen molar-refractivity contribution in [2.24, 2.45) is 0 Å². The molecule has 5 nitrogen and oxygen atoms in total. The SMILES string of the molecule is CN(Cc1cnns1)c1cncc(Cl)n1. The first-order chi connectivity index (χ1) is 7.25. The van der Waals surface area contributed by atoms with Gasteiger partial charge in [0.05, 0.1) is 30.0 Å². The molecule has 0 atom stereocenters. The number of hydrogen-bond donors (Lipinski definition) is 0. The van der Waals surface area contributed by atoms with Crippen molar-refractivity contribution >= 4 is 29.0 Å². The minimum Gasteiger partial charge on any atom is -0.353 e. The molecule has 0 aliphatic rings. The van der Waals surface area contributed by atoms with Gasteiger partial charge in [0.25, 0.3) is 0 Å². The Balaban J connectivity index is 2.11. The zero-order valence-electron chi connectivity index (χ0n) is 7.96. The quantitative estimate of drug-likeness (QED) is 0.817. The van der Waals surface area contributed by atoms with Crippen LogP contribution in [-0.4, -0.2) is 26.6 Å². The van der Waals surface area contributed by atoms with E-state index in [9.17, 15) is 0 Å². The molecule has 0 aromatic carbocycles. The lowest BCUT2D eigenvalue weighted by molar-refractivity contribution is 0.900. The molecular weight excluding hydrogens is 234 g/mol. The van der Waals surface area contributed by atoms with Crippen LogP contribution >= 0.6 is 23.1 Å². The van der Waals surface area contributed by atoms with Gasteiger partial charge in [-0.3, -0.25) is 4.98 Å². The number of anilines is 1. The summed E-state index contributed by atoms with van der Waals surface area (Å²) in [6.07, 6.45) is 4.91. The second-order valence-corrected chi connectivity index (χ2v) is 4.20. The summed E-state index contributed by atoms with van der Waals surface area (Å²) in [6, 6.07) is 0. The van der Waals surface area contributed by atoms with E-state index in [0.717, 1.165) is 10.7 Å². The van der Waals surface area contributed by atoms with Crippen LogP contribution in [0.4, 0.5) is 5.82 Å². The van der Waals surface area contributed by atoms with Crippen LogP contribution < -0.4 is 4.90 Å². The summed E-state index contributed by atoms with van der Waals surface area (Å²) in [5.41, 5.74) is 0. The van der Waals surface area contributed by atoms with E-state index in [1.165, 1.54) is 17.7 Å². The second-order valence-electron chi connectivity index (χ2n) is 2.94. The molecule has 2 aromatic heterocycles. The fraction of sp³-hybridized carbons (Fsp3) is 0.250. The van der Waals surface area contributed by atoms with Gasteiger partial charge >= 0.3 is 0 Å². The fourth-order valence-corrected chi connectivity index (χ4v) is 1.78. The Morgan fingerprint density at radius 1 is 1.40 bits per heavy atom. The minimum absolute atomic E-state index is 0.391. The molecule has 7 heteroatoms. The van der Waals surface area contributed by atoms with Crippen LogP contribution in [0.3, 0.4) is 0 Å². The van der Waals surface area contributed by atoms with Crippen molar-refractivity contribution in [3.63, 3.8) is 0 Å². The standard InChI is InChI=1S/C8H8ClN5S/c1-14(5-6-2-11-13-15-6)8-4-10-3-7(9)12-8/h2-4H,5H2,1H3. The molecule has 2 heterocycles. The second kappa shape index (κ2) is 4.50. The third-order valence-electron chi connectivity index (χ3n) is 1.78. The highest BCUT2D eigenvalue weighted by molar-refractivity contribution is 7.05. The number of halogens is 1. The van der Waals surface area contributed by atoms with Gasteiger partial charge < -0.3 is 4.90 Å². The molecule has 0 N–H and O–H groups in total. The van der Waals surface area contributed by atoms with Gasteiger partial charge in [0.15, 0.2) is 0 Å². The van der Waals surface area contributed by atoms with Crippen LogP contribution in [0.5, 0.6) is 0 Å². The van der Waals surface area contributed by atoms with Gasteiger partial charge in [-0.25, -0.2) is 4.98 Å². The highest BCUT2D eigenvalue weighted by Crippen LogP contribution is 2.14. The summed E-state index contributed by atoms with van der Waals surface area (Å²) in [7, 11) is 1.92. The van der Waals surface area contributed by atoms with Crippen LogP contribution in [0.1, 0.15) is 4.88 Å². The van der Waals surface area contributed by atoms with Gasteiger partial charge in [0.1, 0.15) is 11.0 Å². The Hall–Kier alpha value is -1.27. The Morgan fingerprint density at radius 2 is 2.27 bits per heavy atom. The molecular formula is C8H8ClN5S. The predicted octanol–water partition coefficient (Wildman–Crippen LogP) is 1.62. The van der Waals surface area contributed by atoms with Crippen molar-refractivity contribution < 1.29 is 0 Å². The molecule has 0 aliphatic heterocycles. The van der Waals surface area contributed by atoms with Crippen LogP contribution in [-0.2, 0) is 6.54 Å². The van der Waals surface area contributed by atoms with E-state index < -0.39 is 0 Å². The van der Waals surface area contributed by atoms with Crippen molar-refractivity contribution in [2.45, 2.75) is 6.54 Å². The molecule has 2 rings (SSSR count). The maximum Gasteiger partial charge on any atom is 0.149 e. The molecule has 0 aliphatic carbocycles. The van der Waals surface area contributed by atoms with Crippen LogP contribution in [0.15, 0.2) is 18.6 Å². The molecule has 0 saturated carbocycles. The average molecular weight is 242 g/mol. The molecule has 0 radical (unpaired) electrons. The van der Waals surface area contributed by atoms with Crippen molar-refractivity contribution in [3.05, 3.63) is 28.6 Å². The van der Waals surface area contributed by atoms with E-state index in [0.29, 0.717) is 11.7 Å². The zero-order chi connectivity index (χ0) is 10.7. The summed E-state index contributed by atoms with van der Waals surface area (Å²) in [5, 5.41) is 4.16. The average Bonchev–Trinajstić information content (AvgIpc) is 2.70. The summed E-state index contributed by atoms with van der Waals surface area (Å²) in [5.74, 6) is 0.732. The Bertz CT molecular complexity index is 432. The predicted molar refractivity (Wildman–Crippen MR) is 59.1 cm³/mol. The van der Waals surface area contributed by atoms with E-state index in [1.807, 2.05) is 11.9 Å².